The molecule has 2 atom stereocenters. The number of aromatic nitrogens is 6. The lowest BCUT2D eigenvalue weighted by Crippen LogP contribution is -2.14. The minimum atomic E-state index is -0.145. The SMILES string of the molecule is O=C(Cc1cscn1)Nc1nnc(C2CCC[C@H](c3nnc(NC(=O)Cc4cscn4)s3)C2)s1. The van der Waals surface area contributed by atoms with E-state index in [0.29, 0.717) is 10.3 Å². The van der Waals surface area contributed by atoms with E-state index in [4.69, 9.17) is 0 Å². The molecule has 0 spiro atoms. The third kappa shape index (κ3) is 5.87. The monoisotopic (exact) mass is 532 g/mol. The second-order valence-electron chi connectivity index (χ2n) is 7.86. The van der Waals surface area contributed by atoms with Crippen LogP contribution in [0.1, 0.15) is 58.9 Å². The Bertz CT molecular complexity index is 1140. The van der Waals surface area contributed by atoms with Crippen LogP contribution in [-0.2, 0) is 22.4 Å². The molecule has 4 aromatic rings. The molecular formula is C20H20N8O2S4. The van der Waals surface area contributed by atoms with E-state index in [1.165, 1.54) is 45.3 Å². The summed E-state index contributed by atoms with van der Waals surface area (Å²) in [5.74, 6) is 0.223. The van der Waals surface area contributed by atoms with Gasteiger partial charge in [0.1, 0.15) is 10.0 Å². The molecular weight excluding hydrogens is 513 g/mol. The Morgan fingerprint density at radius 2 is 1.29 bits per heavy atom. The summed E-state index contributed by atoms with van der Waals surface area (Å²) in [7, 11) is 0. The van der Waals surface area contributed by atoms with Gasteiger partial charge in [0.25, 0.3) is 0 Å². The van der Waals surface area contributed by atoms with Gasteiger partial charge in [-0.3, -0.25) is 9.59 Å². The van der Waals surface area contributed by atoms with Crippen molar-refractivity contribution in [3.63, 3.8) is 0 Å². The van der Waals surface area contributed by atoms with E-state index in [2.05, 4.69) is 41.0 Å². The summed E-state index contributed by atoms with van der Waals surface area (Å²) in [4.78, 5) is 32.7. The molecule has 1 aliphatic carbocycles. The van der Waals surface area contributed by atoms with Crippen LogP contribution in [0.25, 0.3) is 0 Å². The van der Waals surface area contributed by atoms with Crippen LogP contribution in [0, 0.1) is 0 Å². The standard InChI is InChI=1S/C20H20N8O2S4/c29-15(5-13-7-31-9-21-13)23-19-27-25-17(33-19)11-2-1-3-12(4-11)18-26-28-20(34-18)24-16(30)6-14-8-32-10-22-14/h7-12H,1-6H2,(H,23,27,29)(H,24,28,30)/t11-,12?/m0/s1. The lowest BCUT2D eigenvalue weighted by Gasteiger charge is -2.25. The van der Waals surface area contributed by atoms with Gasteiger partial charge in [-0.1, -0.05) is 29.1 Å². The number of nitrogens with one attached hydrogen (secondary N) is 2. The number of hydrogen-bond donors (Lipinski definition) is 2. The largest absolute Gasteiger partial charge is 0.300 e. The summed E-state index contributed by atoms with van der Waals surface area (Å²) >= 11 is 5.78. The summed E-state index contributed by atoms with van der Waals surface area (Å²) in [5.41, 5.74) is 4.92. The van der Waals surface area contributed by atoms with E-state index in [1.807, 2.05) is 10.8 Å². The molecule has 5 rings (SSSR count). The zero-order valence-corrected chi connectivity index (χ0v) is 21.1. The van der Waals surface area contributed by atoms with Crippen molar-refractivity contribution in [2.24, 2.45) is 0 Å². The molecule has 0 bridgehead atoms. The molecule has 1 saturated carbocycles. The zero-order chi connectivity index (χ0) is 23.3. The second-order valence-corrected chi connectivity index (χ2v) is 11.3. The van der Waals surface area contributed by atoms with Crippen molar-refractivity contribution in [2.75, 3.05) is 10.6 Å². The highest BCUT2D eigenvalue weighted by Gasteiger charge is 2.29. The zero-order valence-electron chi connectivity index (χ0n) is 17.8. The number of hydrogen-bond acceptors (Lipinski definition) is 12. The molecule has 0 saturated heterocycles. The topological polar surface area (TPSA) is 136 Å². The molecule has 1 fully saturated rings. The van der Waals surface area contributed by atoms with Gasteiger partial charge >= 0.3 is 0 Å². The second kappa shape index (κ2) is 10.7. The first-order valence-corrected chi connectivity index (χ1v) is 14.1. The van der Waals surface area contributed by atoms with Crippen molar-refractivity contribution in [2.45, 2.75) is 50.4 Å². The fourth-order valence-corrected chi connectivity index (χ4v) is 6.77. The van der Waals surface area contributed by atoms with E-state index in [-0.39, 0.29) is 36.5 Å². The predicted molar refractivity (Wildman–Crippen MR) is 133 cm³/mol. The Morgan fingerprint density at radius 1 is 0.794 bits per heavy atom. The number of rotatable bonds is 8. The van der Waals surface area contributed by atoms with Gasteiger partial charge in [0.2, 0.25) is 22.1 Å². The van der Waals surface area contributed by atoms with Crippen molar-refractivity contribution in [3.8, 4) is 0 Å². The van der Waals surface area contributed by atoms with Gasteiger partial charge in [0.15, 0.2) is 0 Å². The summed E-state index contributed by atoms with van der Waals surface area (Å²) in [6.45, 7) is 0. The van der Waals surface area contributed by atoms with E-state index in [0.717, 1.165) is 47.1 Å². The van der Waals surface area contributed by atoms with E-state index < -0.39 is 0 Å². The fraction of sp³-hybridized carbons (Fsp3) is 0.400. The average molecular weight is 533 g/mol. The number of carbonyl (C=O) groups is 2. The summed E-state index contributed by atoms with van der Waals surface area (Å²) in [6, 6.07) is 0. The molecule has 10 nitrogen and oxygen atoms in total. The maximum Gasteiger partial charge on any atom is 0.232 e. The highest BCUT2D eigenvalue weighted by atomic mass is 32.1. The molecule has 0 aliphatic heterocycles. The van der Waals surface area contributed by atoms with Gasteiger partial charge in [-0.25, -0.2) is 9.97 Å². The van der Waals surface area contributed by atoms with Crippen LogP contribution in [0.5, 0.6) is 0 Å². The molecule has 2 amide bonds. The van der Waals surface area contributed by atoms with Crippen LogP contribution < -0.4 is 10.6 Å². The molecule has 1 aliphatic rings. The molecule has 176 valence electrons. The van der Waals surface area contributed by atoms with Crippen molar-refractivity contribution in [1.82, 2.24) is 30.4 Å². The van der Waals surface area contributed by atoms with Crippen LogP contribution in [0.15, 0.2) is 21.8 Å². The Kier molecular flexibility index (Phi) is 7.27. The summed E-state index contributed by atoms with van der Waals surface area (Å²) < 4.78 is 0. The Labute approximate surface area is 210 Å². The van der Waals surface area contributed by atoms with Crippen LogP contribution >= 0.6 is 45.3 Å². The number of anilines is 2. The van der Waals surface area contributed by atoms with E-state index >= 15 is 0 Å². The first-order chi connectivity index (χ1) is 16.6. The van der Waals surface area contributed by atoms with Gasteiger partial charge in [-0.15, -0.1) is 43.1 Å². The van der Waals surface area contributed by atoms with Crippen molar-refractivity contribution in [1.29, 1.82) is 0 Å². The summed E-state index contributed by atoms with van der Waals surface area (Å²) in [6.07, 6.45) is 4.43. The highest BCUT2D eigenvalue weighted by Crippen LogP contribution is 2.43. The smallest absolute Gasteiger partial charge is 0.232 e. The van der Waals surface area contributed by atoms with Crippen molar-refractivity contribution >= 4 is 67.4 Å². The molecule has 4 aromatic heterocycles. The van der Waals surface area contributed by atoms with E-state index in [1.54, 1.807) is 11.0 Å². The maximum absolute atomic E-state index is 12.2. The normalized spacial score (nSPS) is 18.0. The van der Waals surface area contributed by atoms with E-state index in [9.17, 15) is 9.59 Å². The Hall–Kier alpha value is -2.68. The molecule has 14 heteroatoms. The van der Waals surface area contributed by atoms with Crippen LogP contribution in [0.4, 0.5) is 10.3 Å². The maximum atomic E-state index is 12.2. The highest BCUT2D eigenvalue weighted by molar-refractivity contribution is 7.15. The Morgan fingerprint density at radius 3 is 1.74 bits per heavy atom. The third-order valence-electron chi connectivity index (χ3n) is 5.40. The third-order valence-corrected chi connectivity index (χ3v) is 8.67. The number of nitrogens with zero attached hydrogens (tertiary/aromatic N) is 6. The van der Waals surface area contributed by atoms with Gasteiger partial charge < -0.3 is 10.6 Å². The number of amides is 2. The molecule has 34 heavy (non-hydrogen) atoms. The molecule has 2 N–H and O–H groups in total. The van der Waals surface area contributed by atoms with Crippen LogP contribution in [0.2, 0.25) is 0 Å². The lowest BCUT2D eigenvalue weighted by molar-refractivity contribution is -0.116. The average Bonchev–Trinajstić information content (AvgIpc) is 3.63. The van der Waals surface area contributed by atoms with Gasteiger partial charge in [0.05, 0.1) is 35.3 Å². The first kappa shape index (κ1) is 23.1. The van der Waals surface area contributed by atoms with Gasteiger partial charge in [-0.05, 0) is 19.3 Å². The van der Waals surface area contributed by atoms with Crippen LogP contribution in [-0.4, -0.2) is 42.2 Å². The fourth-order valence-electron chi connectivity index (χ4n) is 3.84. The molecule has 0 radical (unpaired) electrons. The summed E-state index contributed by atoms with van der Waals surface area (Å²) in [5, 5.41) is 29.3. The molecule has 0 aromatic carbocycles. The first-order valence-electron chi connectivity index (χ1n) is 10.6. The van der Waals surface area contributed by atoms with Crippen LogP contribution in [0.3, 0.4) is 0 Å². The van der Waals surface area contributed by atoms with Gasteiger partial charge in [-0.2, -0.15) is 0 Å². The predicted octanol–water partition coefficient (Wildman–Crippen LogP) is 4.11. The van der Waals surface area contributed by atoms with Crippen molar-refractivity contribution < 1.29 is 9.59 Å². The number of thiazole rings is 2. The minimum Gasteiger partial charge on any atom is -0.300 e. The molecule has 1 unspecified atom stereocenters. The quantitative estimate of drug-likeness (QED) is 0.346. The molecule has 4 heterocycles. The number of carbonyl (C=O) groups excluding carboxylic acids is 2. The Balaban J connectivity index is 1.16. The van der Waals surface area contributed by atoms with Gasteiger partial charge in [0, 0.05) is 22.6 Å². The van der Waals surface area contributed by atoms with Crippen molar-refractivity contribution in [3.05, 3.63) is 43.2 Å². The lowest BCUT2D eigenvalue weighted by atomic mass is 9.82. The minimum absolute atomic E-state index is 0.145.